The molecule has 0 radical (unpaired) electrons. The topological polar surface area (TPSA) is 78.9 Å². The first-order chi connectivity index (χ1) is 8.62. The van der Waals surface area contributed by atoms with Crippen molar-refractivity contribution in [3.8, 4) is 0 Å². The minimum atomic E-state index is -0.766. The number of carbonyl (C=O) groups excluding carboxylic acids is 1. The summed E-state index contributed by atoms with van der Waals surface area (Å²) < 4.78 is 0. The molecule has 0 bridgehead atoms. The van der Waals surface area contributed by atoms with Gasteiger partial charge in [0.25, 0.3) is 0 Å². The molecule has 0 aliphatic heterocycles. The second-order valence-electron chi connectivity index (χ2n) is 5.01. The van der Waals surface area contributed by atoms with Gasteiger partial charge in [0.05, 0.1) is 0 Å². The highest BCUT2D eigenvalue weighted by atomic mass is 16.4. The van der Waals surface area contributed by atoms with E-state index in [0.717, 1.165) is 32.2 Å². The average molecular weight is 255 g/mol. The Morgan fingerprint density at radius 3 is 2.39 bits per heavy atom. The van der Waals surface area contributed by atoms with Crippen LogP contribution in [-0.2, 0) is 4.79 Å². The van der Waals surface area contributed by atoms with Gasteiger partial charge < -0.3 is 15.8 Å². The minimum Gasteiger partial charge on any atom is -0.409 e. The van der Waals surface area contributed by atoms with Crippen LogP contribution in [0.2, 0.25) is 0 Å². The van der Waals surface area contributed by atoms with Gasteiger partial charge >= 0.3 is 0 Å². The lowest BCUT2D eigenvalue weighted by Crippen LogP contribution is -2.52. The first kappa shape index (κ1) is 14.8. The van der Waals surface area contributed by atoms with E-state index in [9.17, 15) is 4.79 Å². The summed E-state index contributed by atoms with van der Waals surface area (Å²) in [5.41, 5.74) is 5.06. The van der Waals surface area contributed by atoms with Gasteiger partial charge in [0.1, 0.15) is 5.41 Å². The summed E-state index contributed by atoms with van der Waals surface area (Å²) in [4.78, 5) is 14.5. The van der Waals surface area contributed by atoms with E-state index in [1.165, 1.54) is 0 Å². The van der Waals surface area contributed by atoms with Crippen LogP contribution in [0.4, 0.5) is 0 Å². The van der Waals surface area contributed by atoms with Crippen molar-refractivity contribution in [2.24, 2.45) is 16.3 Å². The van der Waals surface area contributed by atoms with Crippen molar-refractivity contribution in [3.63, 3.8) is 0 Å². The van der Waals surface area contributed by atoms with Gasteiger partial charge in [-0.3, -0.25) is 4.79 Å². The molecule has 0 aromatic heterocycles. The molecule has 0 heterocycles. The van der Waals surface area contributed by atoms with Crippen molar-refractivity contribution in [1.82, 2.24) is 4.90 Å². The quantitative estimate of drug-likeness (QED) is 0.341. The molecule has 0 unspecified atom stereocenters. The highest BCUT2D eigenvalue weighted by Crippen LogP contribution is 2.38. The summed E-state index contributed by atoms with van der Waals surface area (Å²) in [6.45, 7) is 5.42. The number of nitrogens with two attached hydrogens (primary N) is 1. The van der Waals surface area contributed by atoms with Crippen molar-refractivity contribution >= 4 is 11.7 Å². The van der Waals surface area contributed by atoms with Gasteiger partial charge in [-0.25, -0.2) is 0 Å². The van der Waals surface area contributed by atoms with Gasteiger partial charge in [-0.05, 0) is 26.2 Å². The fourth-order valence-electron chi connectivity index (χ4n) is 2.81. The molecular formula is C13H25N3O2. The van der Waals surface area contributed by atoms with Crippen LogP contribution in [0.1, 0.15) is 52.4 Å². The van der Waals surface area contributed by atoms with Crippen molar-refractivity contribution in [3.05, 3.63) is 0 Å². The number of amides is 1. The van der Waals surface area contributed by atoms with E-state index >= 15 is 0 Å². The van der Waals surface area contributed by atoms with E-state index in [1.54, 1.807) is 0 Å². The Morgan fingerprint density at radius 1 is 1.33 bits per heavy atom. The summed E-state index contributed by atoms with van der Waals surface area (Å²) in [6, 6.07) is 0. The fraction of sp³-hybridized carbons (Fsp3) is 0.846. The van der Waals surface area contributed by atoms with Crippen LogP contribution in [0.3, 0.4) is 0 Å². The number of carbonyl (C=O) groups is 1. The first-order valence-electron chi connectivity index (χ1n) is 6.89. The molecule has 18 heavy (non-hydrogen) atoms. The van der Waals surface area contributed by atoms with Crippen LogP contribution in [0.5, 0.6) is 0 Å². The van der Waals surface area contributed by atoms with E-state index < -0.39 is 5.41 Å². The van der Waals surface area contributed by atoms with E-state index in [0.29, 0.717) is 19.4 Å². The Labute approximate surface area is 109 Å². The standard InChI is InChI=1S/C13H25N3O2/c1-3-10-16(4-2)12(17)13(11(14)15-18)8-6-5-7-9-13/h18H,3-10H2,1-2H3,(H2,14,15). The molecule has 1 aliphatic rings. The molecule has 1 fully saturated rings. The lowest BCUT2D eigenvalue weighted by atomic mass is 9.72. The second kappa shape index (κ2) is 6.61. The summed E-state index contributed by atoms with van der Waals surface area (Å²) in [5.74, 6) is 0.114. The largest absolute Gasteiger partial charge is 0.409 e. The Morgan fingerprint density at radius 2 is 1.94 bits per heavy atom. The summed E-state index contributed by atoms with van der Waals surface area (Å²) in [5, 5.41) is 12.1. The maximum absolute atomic E-state index is 12.7. The van der Waals surface area contributed by atoms with Crippen molar-refractivity contribution in [2.45, 2.75) is 52.4 Å². The van der Waals surface area contributed by atoms with Crippen molar-refractivity contribution < 1.29 is 10.0 Å². The third-order valence-corrected chi connectivity index (χ3v) is 3.88. The molecule has 104 valence electrons. The van der Waals surface area contributed by atoms with E-state index in [4.69, 9.17) is 10.9 Å². The zero-order chi connectivity index (χ0) is 13.6. The fourth-order valence-corrected chi connectivity index (χ4v) is 2.81. The van der Waals surface area contributed by atoms with Gasteiger partial charge in [0.15, 0.2) is 5.84 Å². The number of rotatable bonds is 5. The second-order valence-corrected chi connectivity index (χ2v) is 5.01. The van der Waals surface area contributed by atoms with Gasteiger partial charge in [-0.1, -0.05) is 31.3 Å². The molecule has 0 spiro atoms. The molecule has 5 nitrogen and oxygen atoms in total. The molecule has 1 rings (SSSR count). The van der Waals surface area contributed by atoms with Gasteiger partial charge in [0, 0.05) is 13.1 Å². The van der Waals surface area contributed by atoms with Crippen LogP contribution in [-0.4, -0.2) is 34.9 Å². The van der Waals surface area contributed by atoms with E-state index in [1.807, 2.05) is 18.7 Å². The third-order valence-electron chi connectivity index (χ3n) is 3.88. The molecule has 5 heteroatoms. The maximum Gasteiger partial charge on any atom is 0.236 e. The Bertz CT molecular complexity index is 309. The minimum absolute atomic E-state index is 0.0295. The zero-order valence-corrected chi connectivity index (χ0v) is 11.5. The Kier molecular flexibility index (Phi) is 5.44. The molecule has 0 atom stereocenters. The molecule has 3 N–H and O–H groups in total. The average Bonchev–Trinajstić information content (AvgIpc) is 2.43. The lowest BCUT2D eigenvalue weighted by molar-refractivity contribution is -0.139. The smallest absolute Gasteiger partial charge is 0.236 e. The zero-order valence-electron chi connectivity index (χ0n) is 11.5. The highest BCUT2D eigenvalue weighted by molar-refractivity contribution is 6.06. The van der Waals surface area contributed by atoms with Gasteiger partial charge in [-0.2, -0.15) is 0 Å². The SMILES string of the molecule is CCCN(CC)C(=O)C1(C(N)=NO)CCCCC1. The third kappa shape index (κ3) is 2.76. The Hall–Kier alpha value is -1.26. The number of hydrogen-bond acceptors (Lipinski definition) is 3. The predicted octanol–water partition coefficient (Wildman–Crippen LogP) is 1.94. The number of amidine groups is 1. The first-order valence-corrected chi connectivity index (χ1v) is 6.89. The van der Waals surface area contributed by atoms with Crippen LogP contribution in [0.15, 0.2) is 5.16 Å². The number of nitrogens with zero attached hydrogens (tertiary/aromatic N) is 2. The van der Waals surface area contributed by atoms with Crippen molar-refractivity contribution in [1.29, 1.82) is 0 Å². The maximum atomic E-state index is 12.7. The van der Waals surface area contributed by atoms with Crippen LogP contribution >= 0.6 is 0 Å². The highest BCUT2D eigenvalue weighted by Gasteiger charge is 2.45. The number of hydrogen-bond donors (Lipinski definition) is 2. The monoisotopic (exact) mass is 255 g/mol. The normalized spacial score (nSPS) is 19.6. The van der Waals surface area contributed by atoms with Crippen LogP contribution in [0.25, 0.3) is 0 Å². The Balaban J connectivity index is 2.98. The van der Waals surface area contributed by atoms with E-state index in [2.05, 4.69) is 5.16 Å². The van der Waals surface area contributed by atoms with E-state index in [-0.39, 0.29) is 11.7 Å². The molecule has 0 aromatic rings. The van der Waals surface area contributed by atoms with Gasteiger partial charge in [-0.15, -0.1) is 0 Å². The molecular weight excluding hydrogens is 230 g/mol. The van der Waals surface area contributed by atoms with Gasteiger partial charge in [0.2, 0.25) is 5.91 Å². The van der Waals surface area contributed by atoms with Crippen molar-refractivity contribution in [2.75, 3.05) is 13.1 Å². The molecule has 1 aliphatic carbocycles. The van der Waals surface area contributed by atoms with Crippen LogP contribution < -0.4 is 5.73 Å². The number of oxime groups is 1. The summed E-state index contributed by atoms with van der Waals surface area (Å²) in [7, 11) is 0. The molecule has 1 saturated carbocycles. The molecule has 1 amide bonds. The summed E-state index contributed by atoms with van der Waals surface area (Å²) >= 11 is 0. The lowest BCUT2D eigenvalue weighted by Gasteiger charge is -2.38. The van der Waals surface area contributed by atoms with Crippen LogP contribution in [0, 0.1) is 5.41 Å². The molecule has 0 aromatic carbocycles. The summed E-state index contributed by atoms with van der Waals surface area (Å²) in [6.07, 6.45) is 5.36. The molecule has 0 saturated heterocycles. The predicted molar refractivity (Wildman–Crippen MR) is 71.5 cm³/mol.